The summed E-state index contributed by atoms with van der Waals surface area (Å²) in [4.78, 5) is 173. The molecule has 1 aliphatic heterocycles. The zero-order chi connectivity index (χ0) is 68.9. The molecule has 1 saturated heterocycles. The Hall–Kier alpha value is -7.31. The number of amides is 8. The average Bonchev–Trinajstić information content (AvgIpc) is 1.49. The van der Waals surface area contributed by atoms with Crippen molar-refractivity contribution in [2.45, 2.75) is 240 Å². The van der Waals surface area contributed by atoms with E-state index in [2.05, 4.69) is 42.2 Å². The number of benzene rings is 1. The molecule has 0 unspecified atom stereocenters. The Morgan fingerprint density at radius 2 is 1.21 bits per heavy atom. The van der Waals surface area contributed by atoms with E-state index in [0.29, 0.717) is 51.4 Å². The highest BCUT2D eigenvalue weighted by Crippen LogP contribution is 2.29. The molecule has 25 nitrogen and oxygen atoms in total. The molecule has 2 aliphatic rings. The van der Waals surface area contributed by atoms with Crippen molar-refractivity contribution in [2.24, 2.45) is 75.5 Å². The van der Waals surface area contributed by atoms with Crippen LogP contribution < -0.4 is 54.4 Å². The number of nitrogens with zero attached hydrogens (tertiary/aromatic N) is 1. The number of guanidine groups is 1. The zero-order valence-electron chi connectivity index (χ0n) is 56.3. The molecule has 3 rings (SSSR count). The van der Waals surface area contributed by atoms with Crippen LogP contribution in [0.5, 0.6) is 0 Å². The van der Waals surface area contributed by atoms with Crippen molar-refractivity contribution in [2.75, 3.05) is 13.2 Å². The number of carbonyl (C=O) groups excluding carboxylic acids is 12. The Kier molecular flexibility index (Phi) is 34.3. The first-order valence-corrected chi connectivity index (χ1v) is 33.5. The number of ether oxygens (including phenoxy) is 1. The van der Waals surface area contributed by atoms with Gasteiger partial charge in [0, 0.05) is 50.0 Å². The topological polar surface area (TPSA) is 409 Å². The van der Waals surface area contributed by atoms with Gasteiger partial charge in [0.1, 0.15) is 30.3 Å². The number of Topliss-reactive ketones (excluding diaryl/α,β-unsaturated/α-hetero) is 3. The molecule has 0 spiro atoms. The third-order valence-corrected chi connectivity index (χ3v) is 18.8. The molecule has 0 bridgehead atoms. The number of aliphatic hydroxyl groups is 1. The van der Waals surface area contributed by atoms with Gasteiger partial charge in [0.2, 0.25) is 47.3 Å². The van der Waals surface area contributed by atoms with Crippen molar-refractivity contribution < 1.29 is 67.4 Å². The van der Waals surface area contributed by atoms with Crippen LogP contribution in [0.3, 0.4) is 0 Å². The lowest BCUT2D eigenvalue weighted by molar-refractivity contribution is -0.157. The SMILES string of the molecule is CC[C@H](Cc1ccccc1)C(=O)N[C@H](C(=O)C[C@@H](CCCN=C(N)N)C(=O)N[C@H](CCC(N)=O)C(=O)C[C@@H](C(=O)N[C@H](C(=O)C[C@@H](CO)C(=O)N[C@H]1C(=O)N[C@@H](C)C(=O)N[C@@H](C2CCCCC2)C(=O)N[C@@H]([C@@H](C)CC)C(=O)O[C@H]1C)[C@@H](C)CC)[C@H](C)CC)[C@@H](C)CC. The van der Waals surface area contributed by atoms with Gasteiger partial charge in [-0.15, -0.1) is 0 Å². The van der Waals surface area contributed by atoms with Crippen LogP contribution in [0.15, 0.2) is 35.3 Å². The molecule has 0 aromatic heterocycles. The monoisotopic (exact) mass is 1290 g/mol. The molecular formula is C67H109N11O14. The Labute approximate surface area is 543 Å². The van der Waals surface area contributed by atoms with Crippen LogP contribution in [-0.2, 0) is 68.7 Å². The maximum Gasteiger partial charge on any atom is 0.329 e. The van der Waals surface area contributed by atoms with Gasteiger partial charge in [0.25, 0.3) is 0 Å². The number of cyclic esters (lactones) is 1. The molecular weight excluding hydrogens is 1180 g/mol. The summed E-state index contributed by atoms with van der Waals surface area (Å²) in [6.07, 6.45) is 3.39. The van der Waals surface area contributed by atoms with Crippen LogP contribution in [0.2, 0.25) is 0 Å². The number of rotatable bonds is 37. The fraction of sp³-hybridized carbons (Fsp3) is 0.716. The van der Waals surface area contributed by atoms with E-state index in [-0.39, 0.29) is 62.4 Å². The molecule has 1 aliphatic carbocycles. The number of esters is 1. The van der Waals surface area contributed by atoms with Crippen LogP contribution >= 0.6 is 0 Å². The summed E-state index contributed by atoms with van der Waals surface area (Å²) in [5, 5.41) is 30.0. The maximum atomic E-state index is 14.7. The van der Waals surface area contributed by atoms with Crippen molar-refractivity contribution in [3.05, 3.63) is 35.9 Å². The first-order chi connectivity index (χ1) is 43.5. The van der Waals surface area contributed by atoms with Gasteiger partial charge in [0.05, 0.1) is 30.7 Å². The quantitative estimate of drug-likeness (QED) is 0.0197. The number of primary amides is 1. The molecule has 16 atom stereocenters. The largest absolute Gasteiger partial charge is 0.458 e. The highest BCUT2D eigenvalue weighted by Gasteiger charge is 2.42. The maximum absolute atomic E-state index is 14.7. The summed E-state index contributed by atoms with van der Waals surface area (Å²) in [6.45, 7) is 18.1. The van der Waals surface area contributed by atoms with E-state index >= 15 is 0 Å². The summed E-state index contributed by atoms with van der Waals surface area (Å²) >= 11 is 0. The predicted molar refractivity (Wildman–Crippen MR) is 348 cm³/mol. The van der Waals surface area contributed by atoms with Crippen LogP contribution in [0.25, 0.3) is 0 Å². The Balaban J connectivity index is 1.91. The standard InChI is InChI=1S/C67H109N11O14/c1-12-37(6)48(35-50(80)49(29-30-53(68)83)73-61(86)46(28-23-31-71-67(69)70)33-51(81)54(38(7)13-2)74-60(85)44(16-5)32-43-24-19-17-20-25-43)63(88)75-55(39(8)14-3)52(82)34-47(36-79)62(87)77-57-42(11)92-66(91)56(40(9)15-4)76-65(90)58(45-26-21-18-22-27-45)78-59(84)41(10)72-64(57)89/h17,19-20,24-25,37-42,44-49,54-58,79H,12-16,18,21-23,26-36H2,1-11H3,(H2,68,83)(H,72,89)(H,73,86)(H,74,85)(H,75,88)(H,76,90)(H,77,87)(H,78,84)(H4,69,70,71)/t37-,38+,39+,40+,41+,42+,44-,46-,47+,48-,49-,54+,55+,56+,57-,58+/m1/s1. The third-order valence-electron chi connectivity index (χ3n) is 18.8. The van der Waals surface area contributed by atoms with E-state index in [9.17, 15) is 62.6 Å². The molecule has 2 fully saturated rings. The number of hydrogen-bond donors (Lipinski definition) is 11. The Morgan fingerprint density at radius 1 is 0.630 bits per heavy atom. The fourth-order valence-corrected chi connectivity index (χ4v) is 11.8. The second-order valence-corrected chi connectivity index (χ2v) is 25.7. The summed E-state index contributed by atoms with van der Waals surface area (Å²) < 4.78 is 5.82. The van der Waals surface area contributed by atoms with Crippen molar-refractivity contribution in [1.29, 1.82) is 0 Å². The third kappa shape index (κ3) is 25.0. The molecule has 25 heteroatoms. The summed E-state index contributed by atoms with van der Waals surface area (Å²) in [6, 6.07) is 0.751. The molecule has 92 heavy (non-hydrogen) atoms. The zero-order valence-corrected chi connectivity index (χ0v) is 56.3. The number of aliphatic imine (C=N–C) groups is 1. The minimum absolute atomic E-state index is 0.0743. The Morgan fingerprint density at radius 3 is 1.75 bits per heavy atom. The van der Waals surface area contributed by atoms with Gasteiger partial charge in [-0.1, -0.05) is 138 Å². The highest BCUT2D eigenvalue weighted by molar-refractivity contribution is 5.99. The highest BCUT2D eigenvalue weighted by atomic mass is 16.5. The van der Waals surface area contributed by atoms with E-state index in [4.69, 9.17) is 21.9 Å². The fourth-order valence-electron chi connectivity index (χ4n) is 11.8. The molecule has 1 aromatic carbocycles. The van der Waals surface area contributed by atoms with Gasteiger partial charge >= 0.3 is 5.97 Å². The van der Waals surface area contributed by atoms with Gasteiger partial charge in [-0.05, 0) is 93.9 Å². The normalized spacial score (nSPS) is 22.0. The van der Waals surface area contributed by atoms with Crippen molar-refractivity contribution in [3.8, 4) is 0 Å². The lowest BCUT2D eigenvalue weighted by Crippen LogP contribution is -2.59. The lowest BCUT2D eigenvalue weighted by atomic mass is 9.83. The van der Waals surface area contributed by atoms with Crippen LogP contribution in [0, 0.1) is 53.3 Å². The van der Waals surface area contributed by atoms with Crippen LogP contribution in [-0.4, -0.2) is 143 Å². The lowest BCUT2D eigenvalue weighted by Gasteiger charge is -2.32. The number of ketones is 3. The van der Waals surface area contributed by atoms with Gasteiger partial charge in [0.15, 0.2) is 23.3 Å². The number of nitrogens with two attached hydrogens (primary N) is 3. The van der Waals surface area contributed by atoms with Crippen LogP contribution in [0.4, 0.5) is 0 Å². The van der Waals surface area contributed by atoms with Crippen molar-refractivity contribution >= 4 is 76.5 Å². The second-order valence-electron chi connectivity index (χ2n) is 25.7. The van der Waals surface area contributed by atoms with Gasteiger partial charge < -0.3 is 64.3 Å². The summed E-state index contributed by atoms with van der Waals surface area (Å²) in [7, 11) is 0. The average molecular weight is 1290 g/mol. The Bertz CT molecular complexity index is 2670. The van der Waals surface area contributed by atoms with E-state index < -0.39 is 174 Å². The number of aliphatic hydroxyl groups excluding tert-OH is 1. The van der Waals surface area contributed by atoms with Gasteiger partial charge in [-0.2, -0.15) is 0 Å². The van der Waals surface area contributed by atoms with Gasteiger partial charge in [-0.3, -0.25) is 57.7 Å². The molecule has 1 saturated carbocycles. The summed E-state index contributed by atoms with van der Waals surface area (Å²) in [5.41, 5.74) is 17.7. The van der Waals surface area contributed by atoms with Crippen LogP contribution in [0.1, 0.15) is 191 Å². The molecule has 1 heterocycles. The molecule has 516 valence electrons. The second kappa shape index (κ2) is 39.9. The first kappa shape index (κ1) is 78.9. The van der Waals surface area contributed by atoms with Gasteiger partial charge in [-0.25, -0.2) is 4.79 Å². The van der Waals surface area contributed by atoms with E-state index in [1.807, 2.05) is 58.0 Å². The molecule has 0 radical (unpaired) electrons. The van der Waals surface area contributed by atoms with E-state index in [1.54, 1.807) is 34.6 Å². The van der Waals surface area contributed by atoms with Crippen molar-refractivity contribution in [3.63, 3.8) is 0 Å². The smallest absolute Gasteiger partial charge is 0.329 e. The van der Waals surface area contributed by atoms with E-state index in [0.717, 1.165) is 24.8 Å². The number of carbonyl (C=O) groups is 12. The summed E-state index contributed by atoms with van der Waals surface area (Å²) in [5.74, 6) is -14.8. The molecule has 14 N–H and O–H groups in total. The molecule has 8 amide bonds. The molecule has 1 aromatic rings. The predicted octanol–water partition coefficient (Wildman–Crippen LogP) is 3.42. The van der Waals surface area contributed by atoms with E-state index in [1.165, 1.54) is 13.8 Å². The minimum atomic E-state index is -1.68. The number of hydrogen-bond acceptors (Lipinski definition) is 15. The minimum Gasteiger partial charge on any atom is -0.458 e. The van der Waals surface area contributed by atoms with Crippen molar-refractivity contribution in [1.82, 2.24) is 37.2 Å². The number of nitrogens with one attached hydrogen (secondary N) is 7. The first-order valence-electron chi connectivity index (χ1n) is 33.5.